The molecule has 2 aromatic carbocycles. The summed E-state index contributed by atoms with van der Waals surface area (Å²) in [6.07, 6.45) is 0.207. The molecule has 3 rings (SSSR count). The second-order valence-corrected chi connectivity index (χ2v) is 7.26. The van der Waals surface area contributed by atoms with Crippen LogP contribution in [-0.4, -0.2) is 35.8 Å². The minimum absolute atomic E-state index is 0.0753. The van der Waals surface area contributed by atoms with Crippen molar-refractivity contribution in [3.05, 3.63) is 81.1 Å². The fourth-order valence-corrected chi connectivity index (χ4v) is 3.48. The predicted octanol–water partition coefficient (Wildman–Crippen LogP) is 3.73. The van der Waals surface area contributed by atoms with Gasteiger partial charge in [0.15, 0.2) is 11.8 Å². The molecule has 0 aliphatic rings. The Morgan fingerprint density at radius 3 is 2.39 bits per heavy atom. The van der Waals surface area contributed by atoms with Gasteiger partial charge in [-0.1, -0.05) is 41.9 Å². The molecular formula is C23H21ClN2O5. The molecule has 0 amide bonds. The SMILES string of the molecule is COC(=O)C(Cc1ccccc1)n1nc(OC)c(-c2cc(Cl)ccc2C(C)=O)cc1=O. The summed E-state index contributed by atoms with van der Waals surface area (Å²) in [7, 11) is 2.64. The lowest BCUT2D eigenvalue weighted by molar-refractivity contribution is -0.145. The average Bonchev–Trinajstić information content (AvgIpc) is 2.77. The van der Waals surface area contributed by atoms with E-state index < -0.39 is 17.6 Å². The monoisotopic (exact) mass is 440 g/mol. The van der Waals surface area contributed by atoms with E-state index in [0.29, 0.717) is 21.7 Å². The summed E-state index contributed by atoms with van der Waals surface area (Å²) in [5, 5.41) is 4.68. The number of ether oxygens (including phenoxy) is 2. The Hall–Kier alpha value is -3.45. The first-order valence-electron chi connectivity index (χ1n) is 9.46. The van der Waals surface area contributed by atoms with E-state index in [0.717, 1.165) is 10.2 Å². The highest BCUT2D eigenvalue weighted by molar-refractivity contribution is 6.31. The third kappa shape index (κ3) is 4.83. The van der Waals surface area contributed by atoms with Crippen molar-refractivity contribution in [1.29, 1.82) is 0 Å². The highest BCUT2D eigenvalue weighted by Crippen LogP contribution is 2.32. The molecule has 0 bridgehead atoms. The van der Waals surface area contributed by atoms with Crippen molar-refractivity contribution < 1.29 is 19.1 Å². The van der Waals surface area contributed by atoms with Gasteiger partial charge in [0.2, 0.25) is 5.88 Å². The number of ketones is 1. The minimum Gasteiger partial charge on any atom is -0.480 e. The number of esters is 1. The number of carbonyl (C=O) groups is 2. The quantitative estimate of drug-likeness (QED) is 0.411. The summed E-state index contributed by atoms with van der Waals surface area (Å²) in [4.78, 5) is 37.6. The number of carbonyl (C=O) groups excluding carboxylic acids is 2. The van der Waals surface area contributed by atoms with Crippen molar-refractivity contribution >= 4 is 23.4 Å². The third-order valence-corrected chi connectivity index (χ3v) is 5.04. The van der Waals surface area contributed by atoms with Gasteiger partial charge in [-0.05, 0) is 36.2 Å². The molecule has 0 N–H and O–H groups in total. The Bertz CT molecular complexity index is 1170. The van der Waals surface area contributed by atoms with Crippen molar-refractivity contribution in [2.45, 2.75) is 19.4 Å². The topological polar surface area (TPSA) is 87.5 Å². The lowest BCUT2D eigenvalue weighted by Crippen LogP contribution is -2.34. The van der Waals surface area contributed by atoms with E-state index in [1.54, 1.807) is 18.2 Å². The molecule has 7 nitrogen and oxygen atoms in total. The van der Waals surface area contributed by atoms with E-state index in [4.69, 9.17) is 21.1 Å². The summed E-state index contributed by atoms with van der Waals surface area (Å²) in [6.45, 7) is 1.42. The Balaban J connectivity index is 2.16. The Kier molecular flexibility index (Phi) is 6.87. The Labute approximate surface area is 184 Å². The molecule has 31 heavy (non-hydrogen) atoms. The van der Waals surface area contributed by atoms with Gasteiger partial charge in [-0.15, -0.1) is 5.10 Å². The number of Topliss-reactive ketones (excluding diaryl/α,β-unsaturated/α-hetero) is 1. The fourth-order valence-electron chi connectivity index (χ4n) is 3.31. The molecule has 0 saturated heterocycles. The predicted molar refractivity (Wildman–Crippen MR) is 117 cm³/mol. The van der Waals surface area contributed by atoms with E-state index in [1.165, 1.54) is 27.2 Å². The number of halogens is 1. The van der Waals surface area contributed by atoms with Gasteiger partial charge in [-0.25, -0.2) is 9.48 Å². The van der Waals surface area contributed by atoms with Crippen LogP contribution in [0.15, 0.2) is 59.4 Å². The molecule has 0 radical (unpaired) electrons. The first-order valence-corrected chi connectivity index (χ1v) is 9.84. The molecule has 1 unspecified atom stereocenters. The standard InChI is InChI=1S/C23H21ClN2O5/c1-14(27)17-10-9-16(24)12-18(17)19-13-21(28)26(25-22(19)30-2)20(23(29)31-3)11-15-7-5-4-6-8-15/h4-10,12-13,20H,11H2,1-3H3. The molecule has 160 valence electrons. The molecule has 0 aliphatic carbocycles. The maximum Gasteiger partial charge on any atom is 0.331 e. The van der Waals surface area contributed by atoms with Crippen LogP contribution in [0.25, 0.3) is 11.1 Å². The molecule has 1 aromatic heterocycles. The Morgan fingerprint density at radius 2 is 1.77 bits per heavy atom. The number of methoxy groups -OCH3 is 2. The van der Waals surface area contributed by atoms with E-state index >= 15 is 0 Å². The molecule has 0 spiro atoms. The van der Waals surface area contributed by atoms with Gasteiger partial charge in [0.1, 0.15) is 0 Å². The third-order valence-electron chi connectivity index (χ3n) is 4.81. The average molecular weight is 441 g/mol. The van der Waals surface area contributed by atoms with Crippen molar-refractivity contribution in [2.75, 3.05) is 14.2 Å². The molecule has 1 atom stereocenters. The zero-order valence-electron chi connectivity index (χ0n) is 17.3. The second kappa shape index (κ2) is 9.57. The molecule has 0 saturated carbocycles. The van der Waals surface area contributed by atoms with Crippen LogP contribution in [0, 0.1) is 0 Å². The van der Waals surface area contributed by atoms with Gasteiger partial charge in [0.05, 0.1) is 19.8 Å². The van der Waals surface area contributed by atoms with Crippen molar-refractivity contribution in [3.63, 3.8) is 0 Å². The molecule has 3 aromatic rings. The smallest absolute Gasteiger partial charge is 0.331 e. The van der Waals surface area contributed by atoms with Gasteiger partial charge >= 0.3 is 5.97 Å². The number of hydrogen-bond acceptors (Lipinski definition) is 6. The van der Waals surface area contributed by atoms with Gasteiger partial charge in [0.25, 0.3) is 5.56 Å². The van der Waals surface area contributed by atoms with Crippen LogP contribution in [0.3, 0.4) is 0 Å². The first-order chi connectivity index (χ1) is 14.8. The number of nitrogens with zero attached hydrogens (tertiary/aromatic N) is 2. The van der Waals surface area contributed by atoms with Crippen molar-refractivity contribution in [3.8, 4) is 17.0 Å². The molecule has 1 heterocycles. The highest BCUT2D eigenvalue weighted by atomic mass is 35.5. The number of aromatic nitrogens is 2. The van der Waals surface area contributed by atoms with Gasteiger partial charge in [0, 0.05) is 23.1 Å². The van der Waals surface area contributed by atoms with Crippen molar-refractivity contribution in [2.24, 2.45) is 0 Å². The minimum atomic E-state index is -0.991. The normalized spacial score (nSPS) is 11.6. The van der Waals surface area contributed by atoms with Gasteiger partial charge in [-0.3, -0.25) is 9.59 Å². The first kappa shape index (κ1) is 22.2. The molecular weight excluding hydrogens is 420 g/mol. The largest absolute Gasteiger partial charge is 0.480 e. The zero-order chi connectivity index (χ0) is 22.5. The lowest BCUT2D eigenvalue weighted by Gasteiger charge is -2.19. The summed E-state index contributed by atoms with van der Waals surface area (Å²) in [5.41, 5.74) is 1.39. The number of rotatable bonds is 7. The van der Waals surface area contributed by atoms with Crippen LogP contribution in [0.5, 0.6) is 5.88 Å². The van der Waals surface area contributed by atoms with Crippen LogP contribution < -0.4 is 10.3 Å². The summed E-state index contributed by atoms with van der Waals surface area (Å²) in [6, 6.07) is 14.3. The van der Waals surface area contributed by atoms with Gasteiger partial charge < -0.3 is 9.47 Å². The van der Waals surface area contributed by atoms with E-state index in [-0.39, 0.29) is 18.1 Å². The highest BCUT2D eigenvalue weighted by Gasteiger charge is 2.26. The van der Waals surface area contributed by atoms with Crippen LogP contribution in [-0.2, 0) is 16.0 Å². The van der Waals surface area contributed by atoms with Crippen LogP contribution in [0.1, 0.15) is 28.9 Å². The zero-order valence-corrected chi connectivity index (χ0v) is 18.1. The maximum absolute atomic E-state index is 13.0. The number of hydrogen-bond donors (Lipinski definition) is 0. The number of benzene rings is 2. The van der Waals surface area contributed by atoms with Crippen LogP contribution >= 0.6 is 11.6 Å². The second-order valence-electron chi connectivity index (χ2n) is 6.82. The van der Waals surface area contributed by atoms with Gasteiger partial charge in [-0.2, -0.15) is 0 Å². The molecule has 0 aliphatic heterocycles. The van der Waals surface area contributed by atoms with E-state index in [2.05, 4.69) is 5.10 Å². The maximum atomic E-state index is 13.0. The summed E-state index contributed by atoms with van der Waals surface area (Å²) < 4.78 is 11.4. The van der Waals surface area contributed by atoms with Crippen LogP contribution in [0.2, 0.25) is 5.02 Å². The lowest BCUT2D eigenvalue weighted by atomic mass is 9.98. The Morgan fingerprint density at radius 1 is 1.06 bits per heavy atom. The molecule has 0 fully saturated rings. The molecule has 8 heteroatoms. The van der Waals surface area contributed by atoms with Crippen LogP contribution in [0.4, 0.5) is 0 Å². The van der Waals surface area contributed by atoms with E-state index in [9.17, 15) is 14.4 Å². The van der Waals surface area contributed by atoms with Crippen molar-refractivity contribution in [1.82, 2.24) is 9.78 Å². The van der Waals surface area contributed by atoms with E-state index in [1.807, 2.05) is 30.3 Å². The summed E-state index contributed by atoms with van der Waals surface area (Å²) >= 11 is 6.12. The summed E-state index contributed by atoms with van der Waals surface area (Å²) in [5.74, 6) is -0.735. The fraction of sp³-hybridized carbons (Fsp3) is 0.217.